The van der Waals surface area contributed by atoms with E-state index in [0.29, 0.717) is 28.2 Å². The largest absolute Gasteiger partial charge is 0.458 e. The molecule has 0 aliphatic heterocycles. The predicted molar refractivity (Wildman–Crippen MR) is 265 cm³/mol. The predicted octanol–water partition coefficient (Wildman–Crippen LogP) is 14.1. The maximum atomic E-state index is 9.05. The molecule has 0 unspecified atom stereocenters. The summed E-state index contributed by atoms with van der Waals surface area (Å²) in [6.07, 6.45) is 3.31. The molecule has 4 aromatic heterocycles. The Morgan fingerprint density at radius 2 is 1.03 bits per heavy atom. The smallest absolute Gasteiger partial charge is 0.244 e. The van der Waals surface area contributed by atoms with Crippen LogP contribution in [0.2, 0.25) is 0 Å². The number of hydrogen-bond donors (Lipinski definition) is 0. The molecule has 0 aliphatic carbocycles. The maximum absolute atomic E-state index is 9.05. The van der Waals surface area contributed by atoms with Gasteiger partial charge in [0.1, 0.15) is 11.5 Å². The summed E-state index contributed by atoms with van der Waals surface area (Å²) in [5.41, 5.74) is 12.2. The number of nitrogens with zero attached hydrogens (tertiary/aromatic N) is 5. The molecule has 0 bridgehead atoms. The molecular weight excluding hydrogens is 795 g/mol. The Kier molecular flexibility index (Phi) is 7.64. The van der Waals surface area contributed by atoms with Crippen molar-refractivity contribution < 1.29 is 13.4 Å². The van der Waals surface area contributed by atoms with Crippen LogP contribution in [-0.2, 0) is 6.98 Å². The van der Waals surface area contributed by atoms with E-state index in [1.807, 2.05) is 95.6 Å². The van der Waals surface area contributed by atoms with Gasteiger partial charge in [0.15, 0.2) is 0 Å². The van der Waals surface area contributed by atoms with Crippen LogP contribution in [-0.4, -0.2) is 18.7 Å². The fourth-order valence-corrected chi connectivity index (χ4v) is 9.86. The van der Waals surface area contributed by atoms with Gasteiger partial charge < -0.3 is 23.0 Å². The summed E-state index contributed by atoms with van der Waals surface area (Å²) in [5.74, 6) is 1.23. The van der Waals surface area contributed by atoms with Crippen LogP contribution in [0, 0.1) is 6.33 Å². The van der Waals surface area contributed by atoms with Crippen molar-refractivity contribution in [2.24, 2.45) is 6.98 Å². The molecule has 0 amide bonds. The molecule has 13 rings (SSSR count). The molecule has 9 aromatic carbocycles. The summed E-state index contributed by atoms with van der Waals surface area (Å²) in [7, 11) is 0. The third-order valence-electron chi connectivity index (χ3n) is 12.7. The molecule has 0 N–H and O–H groups in total. The number of aryl methyl sites for hydroxylation is 1. The van der Waals surface area contributed by atoms with Crippen molar-refractivity contribution in [3.05, 3.63) is 225 Å². The van der Waals surface area contributed by atoms with E-state index in [1.165, 1.54) is 4.57 Å². The lowest BCUT2D eigenvalue weighted by atomic mass is 9.98. The van der Waals surface area contributed by atoms with E-state index in [9.17, 15) is 0 Å². The average Bonchev–Trinajstić information content (AvgIpc) is 4.05. The Morgan fingerprint density at radius 1 is 0.492 bits per heavy atom. The second-order valence-corrected chi connectivity index (χ2v) is 16.4. The van der Waals surface area contributed by atoms with Gasteiger partial charge in [-0.25, -0.2) is 4.98 Å². The Hall–Kier alpha value is -8.74. The van der Waals surface area contributed by atoms with Crippen LogP contribution in [0.15, 0.2) is 218 Å². The fourth-order valence-electron chi connectivity index (χ4n) is 9.86. The highest BCUT2D eigenvalue weighted by atomic mass is 16.5. The van der Waals surface area contributed by atoms with Gasteiger partial charge >= 0.3 is 0 Å². The molecule has 6 heteroatoms. The number of imidazole rings is 1. The van der Waals surface area contributed by atoms with Gasteiger partial charge in [-0.05, 0) is 78.4 Å². The standard InChI is InChI=1S/C59H39N5O/c1-61-38-62(41-18-13-20-43(37-41)65-42-19-12-17-40(36-42)50-35-34-39-16-2-7-26-49(39)60-50)57-33-14-25-48(59(57)61)58-55(63-51-27-8-3-21-44(51)45-22-4-9-28-52(45)63)31-15-32-56(58)64-53-29-10-5-23-46(53)47-24-6-11-30-54(47)64/h2-37H,1H3/i1D3. The highest BCUT2D eigenvalue weighted by Gasteiger charge is 2.24. The molecule has 0 saturated carbocycles. The number of aromatic nitrogens is 5. The van der Waals surface area contributed by atoms with E-state index in [1.54, 1.807) is 0 Å². The minimum Gasteiger partial charge on any atom is -0.458 e. The molecule has 306 valence electrons. The van der Waals surface area contributed by atoms with Crippen molar-refractivity contribution in [2.45, 2.75) is 0 Å². The van der Waals surface area contributed by atoms with Crippen molar-refractivity contribution in [3.8, 4) is 50.9 Å². The zero-order chi connectivity index (χ0) is 45.5. The number of rotatable bonds is 7. The maximum Gasteiger partial charge on any atom is 0.244 e. The molecule has 0 spiro atoms. The molecule has 13 aromatic rings. The lowest BCUT2D eigenvalue weighted by molar-refractivity contribution is -0.649. The number of hydrogen-bond acceptors (Lipinski definition) is 2. The number of pyridine rings is 1. The van der Waals surface area contributed by atoms with Crippen molar-refractivity contribution in [2.75, 3.05) is 0 Å². The minimum absolute atomic E-state index is 0.518. The lowest BCUT2D eigenvalue weighted by Gasteiger charge is -2.21. The second kappa shape index (κ2) is 14.7. The highest BCUT2D eigenvalue weighted by Crippen LogP contribution is 2.43. The quantitative estimate of drug-likeness (QED) is 0.119. The molecule has 6 nitrogen and oxygen atoms in total. The first kappa shape index (κ1) is 33.8. The number of para-hydroxylation sites is 6. The van der Waals surface area contributed by atoms with Crippen LogP contribution in [0.4, 0.5) is 0 Å². The van der Waals surface area contributed by atoms with E-state index in [0.717, 1.165) is 88.3 Å². The molecule has 0 fully saturated rings. The Labute approximate surface area is 378 Å². The minimum atomic E-state index is -2.60. The van der Waals surface area contributed by atoms with E-state index in [4.69, 9.17) is 13.8 Å². The molecule has 0 saturated heterocycles. The highest BCUT2D eigenvalue weighted by molar-refractivity contribution is 6.12. The van der Waals surface area contributed by atoms with Gasteiger partial charge in [-0.2, -0.15) is 0 Å². The average molecular weight is 837 g/mol. The Bertz CT molecular complexity index is 3900. The van der Waals surface area contributed by atoms with Crippen molar-refractivity contribution >= 4 is 65.5 Å². The van der Waals surface area contributed by atoms with Crippen molar-refractivity contribution in [1.82, 2.24) is 18.7 Å². The third kappa shape index (κ3) is 5.88. The van der Waals surface area contributed by atoms with E-state index in [2.05, 4.69) is 143 Å². The van der Waals surface area contributed by atoms with Crippen LogP contribution in [0.25, 0.3) is 105 Å². The van der Waals surface area contributed by atoms with E-state index in [-0.39, 0.29) is 0 Å². The van der Waals surface area contributed by atoms with Crippen LogP contribution in [0.5, 0.6) is 11.5 Å². The fraction of sp³-hybridized carbons (Fsp3) is 0.0169. The van der Waals surface area contributed by atoms with Crippen LogP contribution in [0.3, 0.4) is 0 Å². The monoisotopic (exact) mass is 836 g/mol. The summed E-state index contributed by atoms with van der Waals surface area (Å²) in [6, 6.07) is 74.1. The molecule has 4 heterocycles. The van der Waals surface area contributed by atoms with Crippen molar-refractivity contribution in [1.29, 1.82) is 0 Å². The number of fused-ring (bicyclic) bond motifs is 8. The molecule has 65 heavy (non-hydrogen) atoms. The first-order valence-electron chi connectivity index (χ1n) is 23.2. The van der Waals surface area contributed by atoms with Gasteiger partial charge in [0.25, 0.3) is 0 Å². The number of ether oxygens (including phenoxy) is 1. The van der Waals surface area contributed by atoms with Gasteiger partial charge in [-0.1, -0.05) is 146 Å². The van der Waals surface area contributed by atoms with Gasteiger partial charge in [-0.15, -0.1) is 0 Å². The van der Waals surface area contributed by atoms with Crippen LogP contribution >= 0.6 is 0 Å². The molecule has 0 atom stereocenters. The van der Waals surface area contributed by atoms with Crippen LogP contribution in [0.1, 0.15) is 4.11 Å². The summed E-state index contributed by atoms with van der Waals surface area (Å²) >= 11 is 0. The molecular formula is C59H39N5O. The first-order valence-corrected chi connectivity index (χ1v) is 21.7. The summed E-state index contributed by atoms with van der Waals surface area (Å²) < 4.78 is 41.5. The van der Waals surface area contributed by atoms with Crippen LogP contribution < -0.4 is 9.30 Å². The zero-order valence-electron chi connectivity index (χ0n) is 37.9. The van der Waals surface area contributed by atoms with Crippen molar-refractivity contribution in [3.63, 3.8) is 0 Å². The normalized spacial score (nSPS) is 12.6. The topological polar surface area (TPSA) is 40.8 Å². The first-order chi connectivity index (χ1) is 33.4. The SMILES string of the molecule is [2H]C([2H])([2H])[n+]1[c-]n(-c2cccc(Oc3cccc(-c4ccc5ccccc5n4)c3)c2)c2cccc(-c3c(-n4c5ccccc5c5ccccc54)cccc3-n3c4ccccc4c4ccccc43)c21. The van der Waals surface area contributed by atoms with Gasteiger partial charge in [0.2, 0.25) is 6.33 Å². The summed E-state index contributed by atoms with van der Waals surface area (Å²) in [5, 5.41) is 5.60. The Morgan fingerprint density at radius 3 is 1.68 bits per heavy atom. The lowest BCUT2D eigenvalue weighted by Crippen LogP contribution is -2.27. The van der Waals surface area contributed by atoms with E-state index >= 15 is 0 Å². The summed E-state index contributed by atoms with van der Waals surface area (Å²) in [6.45, 7) is -2.60. The zero-order valence-corrected chi connectivity index (χ0v) is 34.9. The molecule has 0 radical (unpaired) electrons. The third-order valence-corrected chi connectivity index (χ3v) is 12.7. The van der Waals surface area contributed by atoms with Gasteiger partial charge in [-0.3, -0.25) is 0 Å². The van der Waals surface area contributed by atoms with Gasteiger partial charge in [0.05, 0.1) is 72.5 Å². The molecule has 0 aliphatic rings. The van der Waals surface area contributed by atoms with Gasteiger partial charge in [0, 0.05) is 38.1 Å². The van der Waals surface area contributed by atoms with E-state index < -0.39 is 6.98 Å². The number of benzene rings is 9. The Balaban J connectivity index is 1.03. The summed E-state index contributed by atoms with van der Waals surface area (Å²) in [4.78, 5) is 4.91. The second-order valence-electron chi connectivity index (χ2n) is 16.4.